The molecular formula is C32H40F3N7O21P4S2. The third-order valence-corrected chi connectivity index (χ3v) is 17.1. The molecule has 0 aliphatic carbocycles. The summed E-state index contributed by atoms with van der Waals surface area (Å²) < 4.78 is 136. The van der Waals surface area contributed by atoms with Crippen LogP contribution in [0.3, 0.4) is 0 Å². The maximum Gasteiger partial charge on any atom is 0.490 e. The fourth-order valence-corrected chi connectivity index (χ4v) is 12.9. The zero-order chi connectivity index (χ0) is 50.1. The highest BCUT2D eigenvalue weighted by Gasteiger charge is 2.55. The number of benzene rings is 1. The minimum absolute atomic E-state index is 0.0730. The third kappa shape index (κ3) is 13.8. The van der Waals surface area contributed by atoms with Gasteiger partial charge in [0.05, 0.1) is 26.0 Å². The number of nitrogens with zero attached hydrogens (tertiary/aromatic N) is 5. The number of rotatable bonds is 22. The largest absolute Gasteiger partial charge is 0.490 e. The highest BCUT2D eigenvalue weighted by atomic mass is 32.2. The Morgan fingerprint density at radius 2 is 1.42 bits per heavy atom. The Balaban J connectivity index is 0.954. The van der Waals surface area contributed by atoms with E-state index in [1.807, 2.05) is 11.2 Å². The molecule has 0 amide bonds. The summed E-state index contributed by atoms with van der Waals surface area (Å²) >= 11 is 2.15. The maximum atomic E-state index is 12.9. The van der Waals surface area contributed by atoms with E-state index in [1.54, 1.807) is 30.3 Å². The molecular weight excluding hydrogens is 1060 g/mol. The second-order valence-corrected chi connectivity index (χ2v) is 22.9. The number of anilines is 1. The molecule has 7 rings (SSSR count). The first-order valence-electron chi connectivity index (χ1n) is 19.6. The number of hydrogen-bond donors (Lipinski definition) is 8. The van der Waals surface area contributed by atoms with Gasteiger partial charge in [0.25, 0.3) is 5.56 Å². The van der Waals surface area contributed by atoms with E-state index < -0.39 is 129 Å². The molecule has 0 bridgehead atoms. The third-order valence-electron chi connectivity index (χ3n) is 9.69. The van der Waals surface area contributed by atoms with Gasteiger partial charge in [-0.05, 0) is 6.26 Å². The van der Waals surface area contributed by atoms with Gasteiger partial charge in [-0.1, -0.05) is 42.1 Å². The van der Waals surface area contributed by atoms with Gasteiger partial charge in [0, 0.05) is 35.9 Å². The van der Waals surface area contributed by atoms with Crippen molar-refractivity contribution in [2.75, 3.05) is 42.8 Å². The molecule has 37 heteroatoms. The fraction of sp³-hybridized carbons (Fsp3) is 0.531. The van der Waals surface area contributed by atoms with Crippen LogP contribution in [0, 0.1) is 0 Å². The summed E-state index contributed by atoms with van der Waals surface area (Å²) in [6, 6.07) is 9.35. The molecule has 0 radical (unpaired) electrons. The Kier molecular flexibility index (Phi) is 16.9. The molecule has 3 fully saturated rings. The van der Waals surface area contributed by atoms with Crippen LogP contribution in [-0.2, 0) is 59.2 Å². The maximum absolute atomic E-state index is 12.9. The first-order valence-corrected chi connectivity index (χ1v) is 27.9. The Morgan fingerprint density at radius 3 is 2.06 bits per heavy atom. The van der Waals surface area contributed by atoms with E-state index in [0.29, 0.717) is 29.6 Å². The van der Waals surface area contributed by atoms with Crippen molar-refractivity contribution in [2.24, 2.45) is 0 Å². The minimum Gasteiger partial charge on any atom is -0.387 e. The topological polar surface area (TPSA) is 383 Å². The van der Waals surface area contributed by atoms with Gasteiger partial charge in [0.15, 0.2) is 40.9 Å². The van der Waals surface area contributed by atoms with E-state index in [1.165, 1.54) is 11.8 Å². The smallest absolute Gasteiger partial charge is 0.387 e. The lowest BCUT2D eigenvalue weighted by Gasteiger charge is -2.23. The van der Waals surface area contributed by atoms with Crippen molar-refractivity contribution in [1.82, 2.24) is 29.1 Å². The number of nitrogens with one attached hydrogen (secondary N) is 2. The van der Waals surface area contributed by atoms with Crippen LogP contribution in [0.25, 0.3) is 11.2 Å². The van der Waals surface area contributed by atoms with Gasteiger partial charge in [-0.2, -0.15) is 37.9 Å². The molecule has 0 saturated carbocycles. The molecule has 1 aromatic carbocycles. The number of thioether (sulfide) groups is 2. The van der Waals surface area contributed by atoms with E-state index >= 15 is 0 Å². The number of fused-ring (bicyclic) bond motifs is 2. The molecule has 69 heavy (non-hydrogen) atoms. The van der Waals surface area contributed by atoms with Crippen LogP contribution in [-0.4, -0.2) is 139 Å². The van der Waals surface area contributed by atoms with Crippen molar-refractivity contribution in [3.05, 3.63) is 75.3 Å². The SMILES string of the molecule is CSCCNc1nc(SCCC(F)(F)F)nc2c1ncn2[C@@H]1O[C@H](COP(=O)(O)OP(=O)(O)OP(=O)(O)OP(=O)(O)OC[C@@H]2O[C@H](n3ccc(=O)[nH]c3=O)[C@H]3OC(c4ccccc4)O[C@H]32)[C@@H](O)[C@H]1O. The Morgan fingerprint density at radius 1 is 0.797 bits per heavy atom. The average Bonchev–Trinajstić information content (AvgIpc) is 4.01. The average molecular weight is 1100 g/mol. The highest BCUT2D eigenvalue weighted by Crippen LogP contribution is 2.71. The van der Waals surface area contributed by atoms with Gasteiger partial charge in [0.2, 0.25) is 0 Å². The van der Waals surface area contributed by atoms with Gasteiger partial charge in [-0.3, -0.25) is 28.0 Å². The lowest BCUT2D eigenvalue weighted by Crippen LogP contribution is -2.36. The van der Waals surface area contributed by atoms with Gasteiger partial charge >= 0.3 is 43.2 Å². The van der Waals surface area contributed by atoms with Crippen LogP contribution in [0.4, 0.5) is 19.0 Å². The summed E-state index contributed by atoms with van der Waals surface area (Å²) in [7, 11) is -24.3. The van der Waals surface area contributed by atoms with Gasteiger partial charge < -0.3 is 54.1 Å². The molecule has 3 aliphatic rings. The first kappa shape index (κ1) is 53.8. The number of phosphoric acid groups is 4. The van der Waals surface area contributed by atoms with Gasteiger partial charge in [0.1, 0.15) is 36.6 Å². The standard InChI is InChI=1S/C32H40F3N7O21P4S2/c1-68-12-9-36-25-20-26(40-30(39-25)69-11-8-32(33,34)35)42(15-37-20)27-22(45)21(44)17(57-27)13-55-64(47,48)61-66(51,52)63-67(53,54)62-65(49,50)56-14-18-23-24(60-29(59-23)16-5-3-2-4-6-16)28(58-18)41-10-7-19(43)38-31(41)46/h2-7,10,15,17-18,21-24,27-29,44-45H,8-9,11-14H2,1H3,(H,47,48)(H,49,50)(H,51,52)(H,53,54)(H,36,39,40)(H,38,43,46)/t17-,18+,21-,22-,23+,24+,27-,28+,29?/m1/s1. The van der Waals surface area contributed by atoms with E-state index in [-0.39, 0.29) is 22.1 Å². The fourth-order valence-electron chi connectivity index (χ4n) is 6.79. The molecule has 382 valence electrons. The quantitative estimate of drug-likeness (QED) is 0.0243. The number of H-pyrrole nitrogens is 1. The Hall–Kier alpha value is -2.94. The van der Waals surface area contributed by atoms with E-state index in [2.05, 4.69) is 37.7 Å². The number of aliphatic hydroxyl groups excluding tert-OH is 2. The van der Waals surface area contributed by atoms with E-state index in [4.69, 9.17) is 23.5 Å². The lowest BCUT2D eigenvalue weighted by atomic mass is 10.1. The number of imidazole rings is 1. The number of aromatic nitrogens is 6. The Labute approximate surface area is 393 Å². The minimum atomic E-state index is -6.30. The normalized spacial score (nSPS) is 28.5. The monoisotopic (exact) mass is 1100 g/mol. The van der Waals surface area contributed by atoms with Crippen molar-refractivity contribution in [2.45, 2.75) is 73.1 Å². The zero-order valence-corrected chi connectivity index (χ0v) is 40.1. The molecule has 8 N–H and O–H groups in total. The van der Waals surface area contributed by atoms with E-state index in [9.17, 15) is 70.8 Å². The number of halogens is 3. The van der Waals surface area contributed by atoms with Crippen LogP contribution in [0.2, 0.25) is 0 Å². The van der Waals surface area contributed by atoms with Crippen LogP contribution >= 0.6 is 54.8 Å². The summed E-state index contributed by atoms with van der Waals surface area (Å²) in [5.74, 6) is 0.275. The molecule has 3 aromatic heterocycles. The van der Waals surface area contributed by atoms with Crippen molar-refractivity contribution in [3.8, 4) is 0 Å². The van der Waals surface area contributed by atoms with Crippen molar-refractivity contribution >= 4 is 71.8 Å². The van der Waals surface area contributed by atoms with Crippen LogP contribution in [0.15, 0.2) is 63.7 Å². The predicted octanol–water partition coefficient (Wildman–Crippen LogP) is 2.68. The van der Waals surface area contributed by atoms with Crippen molar-refractivity contribution in [3.63, 3.8) is 0 Å². The molecule has 28 nitrogen and oxygen atoms in total. The second-order valence-electron chi connectivity index (χ2n) is 14.6. The summed E-state index contributed by atoms with van der Waals surface area (Å²) in [6.07, 6.45) is -14.8. The molecule has 13 atom stereocenters. The molecule has 6 heterocycles. The summed E-state index contributed by atoms with van der Waals surface area (Å²) in [4.78, 5) is 79.8. The van der Waals surface area contributed by atoms with Crippen molar-refractivity contribution in [1.29, 1.82) is 0 Å². The first-order chi connectivity index (χ1) is 32.3. The van der Waals surface area contributed by atoms with Crippen molar-refractivity contribution < 1.29 is 102 Å². The Bertz CT molecular complexity index is 2780. The summed E-state index contributed by atoms with van der Waals surface area (Å²) in [6.45, 7) is -1.86. The lowest BCUT2D eigenvalue weighted by molar-refractivity contribution is -0.154. The number of ether oxygens (including phenoxy) is 4. The number of phosphoric ester groups is 2. The summed E-state index contributed by atoms with van der Waals surface area (Å²) in [5, 5.41) is 24.5. The predicted molar refractivity (Wildman–Crippen MR) is 228 cm³/mol. The number of hydrogen-bond acceptors (Lipinski definition) is 23. The molecule has 0 spiro atoms. The van der Waals surface area contributed by atoms with Crippen LogP contribution in [0.1, 0.15) is 30.7 Å². The molecule has 4 aromatic rings. The zero-order valence-electron chi connectivity index (χ0n) is 34.8. The van der Waals surface area contributed by atoms with E-state index in [0.717, 1.165) is 27.7 Å². The number of aliphatic hydroxyl groups is 2. The highest BCUT2D eigenvalue weighted by molar-refractivity contribution is 7.99. The summed E-state index contributed by atoms with van der Waals surface area (Å²) in [5.41, 5.74) is -1.14. The molecule has 3 saturated heterocycles. The van der Waals surface area contributed by atoms with Crippen LogP contribution < -0.4 is 16.6 Å². The molecule has 5 unspecified atom stereocenters. The number of aromatic amines is 1. The van der Waals surface area contributed by atoms with Crippen LogP contribution in [0.5, 0.6) is 0 Å². The second kappa shape index (κ2) is 21.6. The van der Waals surface area contributed by atoms with Gasteiger partial charge in [-0.25, -0.2) is 38.0 Å². The molecule has 3 aliphatic heterocycles. The number of alkyl halides is 3. The van der Waals surface area contributed by atoms with Gasteiger partial charge in [-0.15, -0.1) is 0 Å².